The molecule has 0 unspecified atom stereocenters. The summed E-state index contributed by atoms with van der Waals surface area (Å²) in [5.74, 6) is 0.407. The lowest BCUT2D eigenvalue weighted by Gasteiger charge is -2.21. The van der Waals surface area contributed by atoms with Gasteiger partial charge in [-0.15, -0.1) is 0 Å². The molecule has 0 fully saturated rings. The summed E-state index contributed by atoms with van der Waals surface area (Å²) in [6.07, 6.45) is 0. The first-order chi connectivity index (χ1) is 8.97. The van der Waals surface area contributed by atoms with Gasteiger partial charge in [0.15, 0.2) is 5.75 Å². The molecule has 2 N–H and O–H groups in total. The quantitative estimate of drug-likeness (QED) is 0.788. The van der Waals surface area contributed by atoms with Crippen LogP contribution in [0.15, 0.2) is 18.2 Å². The fourth-order valence-electron chi connectivity index (χ4n) is 1.69. The van der Waals surface area contributed by atoms with Crippen LogP contribution in [-0.2, 0) is 0 Å². The molecular weight excluding hydrogens is 242 g/mol. The van der Waals surface area contributed by atoms with Crippen LogP contribution in [0.5, 0.6) is 5.75 Å². The van der Waals surface area contributed by atoms with Gasteiger partial charge in [0.05, 0.1) is 17.9 Å². The number of rotatable bonds is 6. The molecular formula is C14H23N3O2. The first kappa shape index (κ1) is 15.3. The summed E-state index contributed by atoms with van der Waals surface area (Å²) >= 11 is 0. The zero-order valence-corrected chi connectivity index (χ0v) is 12.1. The molecule has 1 aromatic carbocycles. The maximum atomic E-state index is 12.4. The Balaban J connectivity index is 2.89. The maximum absolute atomic E-state index is 12.4. The third-order valence-corrected chi connectivity index (χ3v) is 2.79. The number of benzene rings is 1. The van der Waals surface area contributed by atoms with Crippen molar-refractivity contribution in [2.45, 2.75) is 6.92 Å². The number of nitrogens with two attached hydrogens (primary N) is 1. The third-order valence-electron chi connectivity index (χ3n) is 2.79. The summed E-state index contributed by atoms with van der Waals surface area (Å²) in [4.78, 5) is 16.1. The van der Waals surface area contributed by atoms with E-state index in [4.69, 9.17) is 10.5 Å². The minimum Gasteiger partial charge on any atom is -0.491 e. The highest BCUT2D eigenvalue weighted by Gasteiger charge is 2.18. The predicted octanol–water partition coefficient (Wildman–Crippen LogP) is 1.30. The minimum absolute atomic E-state index is 0.0717. The largest absolute Gasteiger partial charge is 0.491 e. The van der Waals surface area contributed by atoms with Crippen LogP contribution in [0.1, 0.15) is 17.3 Å². The molecule has 0 radical (unpaired) electrons. The molecule has 5 nitrogen and oxygen atoms in total. The van der Waals surface area contributed by atoms with Crippen LogP contribution < -0.4 is 10.5 Å². The van der Waals surface area contributed by atoms with Gasteiger partial charge in [-0.1, -0.05) is 6.07 Å². The van der Waals surface area contributed by atoms with Crippen LogP contribution in [-0.4, -0.2) is 56.5 Å². The fraction of sp³-hybridized carbons (Fsp3) is 0.500. The van der Waals surface area contributed by atoms with Crippen molar-refractivity contribution in [1.29, 1.82) is 0 Å². The van der Waals surface area contributed by atoms with Crippen LogP contribution in [0, 0.1) is 0 Å². The Kier molecular flexibility index (Phi) is 5.63. The number of carbonyl (C=O) groups is 1. The van der Waals surface area contributed by atoms with Crippen molar-refractivity contribution in [3.63, 3.8) is 0 Å². The fourth-order valence-corrected chi connectivity index (χ4v) is 1.69. The van der Waals surface area contributed by atoms with E-state index in [0.717, 1.165) is 6.54 Å². The van der Waals surface area contributed by atoms with Crippen LogP contribution in [0.25, 0.3) is 0 Å². The van der Waals surface area contributed by atoms with Crippen LogP contribution in [0.4, 0.5) is 5.69 Å². The summed E-state index contributed by atoms with van der Waals surface area (Å²) in [5, 5.41) is 0. The number of nitrogens with zero attached hydrogens (tertiary/aromatic N) is 2. The molecule has 0 aliphatic heterocycles. The molecule has 19 heavy (non-hydrogen) atoms. The van der Waals surface area contributed by atoms with E-state index in [1.807, 2.05) is 25.9 Å². The second-order valence-electron chi connectivity index (χ2n) is 4.69. The van der Waals surface area contributed by atoms with Crippen molar-refractivity contribution >= 4 is 11.6 Å². The summed E-state index contributed by atoms with van der Waals surface area (Å²) < 4.78 is 5.48. The van der Waals surface area contributed by atoms with Gasteiger partial charge in [0.2, 0.25) is 0 Å². The van der Waals surface area contributed by atoms with Gasteiger partial charge in [0.1, 0.15) is 0 Å². The Morgan fingerprint density at radius 2 is 1.95 bits per heavy atom. The van der Waals surface area contributed by atoms with Crippen molar-refractivity contribution in [3.8, 4) is 5.75 Å². The van der Waals surface area contributed by atoms with Gasteiger partial charge in [-0.05, 0) is 33.2 Å². The van der Waals surface area contributed by atoms with E-state index in [2.05, 4.69) is 0 Å². The highest BCUT2D eigenvalue weighted by Crippen LogP contribution is 2.27. The molecule has 0 heterocycles. The Morgan fingerprint density at radius 1 is 1.26 bits per heavy atom. The molecule has 0 saturated carbocycles. The lowest BCUT2D eigenvalue weighted by molar-refractivity contribution is 0.0782. The molecule has 0 bridgehead atoms. The second kappa shape index (κ2) is 6.99. The summed E-state index contributed by atoms with van der Waals surface area (Å²) in [5.41, 5.74) is 6.87. The molecule has 1 amide bonds. The number of nitrogen functional groups attached to an aromatic ring is 1. The molecule has 1 rings (SSSR count). The summed E-state index contributed by atoms with van der Waals surface area (Å²) in [6, 6.07) is 5.25. The number of anilines is 1. The molecule has 0 atom stereocenters. The zero-order chi connectivity index (χ0) is 14.4. The highest BCUT2D eigenvalue weighted by atomic mass is 16.5. The van der Waals surface area contributed by atoms with Crippen molar-refractivity contribution in [1.82, 2.24) is 9.80 Å². The number of hydrogen-bond donors (Lipinski definition) is 1. The van der Waals surface area contributed by atoms with Crippen molar-refractivity contribution in [3.05, 3.63) is 23.8 Å². The number of para-hydroxylation sites is 1. The lowest BCUT2D eigenvalue weighted by Crippen LogP contribution is -2.33. The Morgan fingerprint density at radius 3 is 2.53 bits per heavy atom. The average molecular weight is 265 g/mol. The summed E-state index contributed by atoms with van der Waals surface area (Å²) in [6.45, 7) is 3.83. The molecule has 0 aliphatic carbocycles. The van der Waals surface area contributed by atoms with E-state index in [-0.39, 0.29) is 5.91 Å². The third kappa shape index (κ3) is 4.13. The second-order valence-corrected chi connectivity index (χ2v) is 4.69. The van der Waals surface area contributed by atoms with E-state index >= 15 is 0 Å². The Bertz CT molecular complexity index is 433. The molecule has 106 valence electrons. The number of likely N-dealkylation sites (N-methyl/N-ethyl adjacent to an activating group) is 2. The van der Waals surface area contributed by atoms with E-state index in [0.29, 0.717) is 30.2 Å². The van der Waals surface area contributed by atoms with Gasteiger partial charge in [-0.25, -0.2) is 0 Å². The van der Waals surface area contributed by atoms with Gasteiger partial charge in [0.25, 0.3) is 5.91 Å². The van der Waals surface area contributed by atoms with Gasteiger partial charge in [-0.3, -0.25) is 4.79 Å². The van der Waals surface area contributed by atoms with Gasteiger partial charge < -0.3 is 20.3 Å². The molecule has 0 aromatic heterocycles. The molecule has 1 aromatic rings. The smallest absolute Gasteiger partial charge is 0.257 e. The van der Waals surface area contributed by atoms with E-state index in [1.165, 1.54) is 0 Å². The Hall–Kier alpha value is -1.75. The van der Waals surface area contributed by atoms with Gasteiger partial charge in [-0.2, -0.15) is 0 Å². The van der Waals surface area contributed by atoms with Gasteiger partial charge in [0, 0.05) is 20.1 Å². The molecule has 5 heteroatoms. The van der Waals surface area contributed by atoms with Crippen molar-refractivity contribution in [2.75, 3.05) is 46.6 Å². The highest BCUT2D eigenvalue weighted by molar-refractivity contribution is 5.98. The molecule has 0 aliphatic rings. The SMILES string of the molecule is CCOc1c(N)cccc1C(=O)N(C)CCN(C)C. The topological polar surface area (TPSA) is 58.8 Å². The number of carbonyl (C=O) groups excluding carboxylic acids is 1. The number of ether oxygens (including phenoxy) is 1. The predicted molar refractivity (Wildman–Crippen MR) is 77.5 cm³/mol. The zero-order valence-electron chi connectivity index (χ0n) is 12.1. The minimum atomic E-state index is -0.0717. The first-order valence-corrected chi connectivity index (χ1v) is 6.38. The van der Waals surface area contributed by atoms with Crippen molar-refractivity contribution < 1.29 is 9.53 Å². The lowest BCUT2D eigenvalue weighted by atomic mass is 10.1. The van der Waals surface area contributed by atoms with Crippen LogP contribution in [0.3, 0.4) is 0 Å². The number of hydrogen-bond acceptors (Lipinski definition) is 4. The first-order valence-electron chi connectivity index (χ1n) is 6.38. The monoisotopic (exact) mass is 265 g/mol. The van der Waals surface area contributed by atoms with E-state index < -0.39 is 0 Å². The summed E-state index contributed by atoms with van der Waals surface area (Å²) in [7, 11) is 5.74. The van der Waals surface area contributed by atoms with Crippen LogP contribution in [0.2, 0.25) is 0 Å². The van der Waals surface area contributed by atoms with Crippen molar-refractivity contribution in [2.24, 2.45) is 0 Å². The number of amides is 1. The van der Waals surface area contributed by atoms with Gasteiger partial charge >= 0.3 is 0 Å². The Labute approximate surface area is 114 Å². The van der Waals surface area contributed by atoms with Crippen LogP contribution >= 0.6 is 0 Å². The molecule has 0 spiro atoms. The van der Waals surface area contributed by atoms with E-state index in [1.54, 1.807) is 30.1 Å². The standard InChI is InChI=1S/C14H23N3O2/c1-5-19-13-11(7-6-8-12(13)15)14(18)17(4)10-9-16(2)3/h6-8H,5,9-10,15H2,1-4H3. The van der Waals surface area contributed by atoms with E-state index in [9.17, 15) is 4.79 Å². The maximum Gasteiger partial charge on any atom is 0.257 e. The average Bonchev–Trinajstić information content (AvgIpc) is 2.37. The normalized spacial score (nSPS) is 10.6. The molecule has 0 saturated heterocycles.